The number of hydrogen-bond donors (Lipinski definition) is 1. The maximum absolute atomic E-state index is 13.4. The first-order valence-corrected chi connectivity index (χ1v) is 13.0. The average molecular weight is 491 g/mol. The number of sulfonamides is 1. The molecule has 0 radical (unpaired) electrons. The minimum atomic E-state index is -3.78. The fourth-order valence-corrected chi connectivity index (χ4v) is 6.84. The number of aromatic nitrogens is 2. The molecule has 1 amide bonds. The van der Waals surface area contributed by atoms with Gasteiger partial charge in [-0.1, -0.05) is 17.3 Å². The van der Waals surface area contributed by atoms with Crippen LogP contribution in [0.5, 0.6) is 5.75 Å². The summed E-state index contributed by atoms with van der Waals surface area (Å²) >= 11 is 1.30. The molecule has 1 aromatic carbocycles. The van der Waals surface area contributed by atoms with Crippen LogP contribution in [0.15, 0.2) is 39.8 Å². The van der Waals surface area contributed by atoms with Gasteiger partial charge in [-0.2, -0.15) is 9.29 Å². The summed E-state index contributed by atoms with van der Waals surface area (Å²) in [6, 6.07) is 8.80. The van der Waals surface area contributed by atoms with E-state index in [9.17, 15) is 13.2 Å². The fourth-order valence-electron chi connectivity index (χ4n) is 3.83. The van der Waals surface area contributed by atoms with Gasteiger partial charge in [0.1, 0.15) is 5.75 Å². The highest BCUT2D eigenvalue weighted by Crippen LogP contribution is 2.35. The topological polar surface area (TPSA) is 115 Å². The number of para-hydroxylation sites is 2. The number of benzene rings is 1. The number of rotatable bonds is 7. The second kappa shape index (κ2) is 9.62. The molecule has 11 heteroatoms. The Morgan fingerprint density at radius 3 is 2.85 bits per heavy atom. The van der Waals surface area contributed by atoms with Gasteiger partial charge in [0.05, 0.1) is 28.0 Å². The maximum atomic E-state index is 13.4. The zero-order valence-corrected chi connectivity index (χ0v) is 20.3. The van der Waals surface area contributed by atoms with Gasteiger partial charge in [0.15, 0.2) is 0 Å². The predicted octanol–water partition coefficient (Wildman–Crippen LogP) is 3.85. The lowest BCUT2D eigenvalue weighted by Gasteiger charge is -2.31. The van der Waals surface area contributed by atoms with Gasteiger partial charge in [-0.25, -0.2) is 8.42 Å². The Labute approximate surface area is 196 Å². The number of anilines is 1. The van der Waals surface area contributed by atoms with Gasteiger partial charge >= 0.3 is 0 Å². The Hall–Kier alpha value is -2.76. The van der Waals surface area contributed by atoms with Crippen LogP contribution < -0.4 is 10.1 Å². The monoisotopic (exact) mass is 490 g/mol. The van der Waals surface area contributed by atoms with Crippen LogP contribution >= 0.6 is 11.3 Å². The highest BCUT2D eigenvalue weighted by molar-refractivity contribution is 7.89. The third kappa shape index (κ3) is 4.94. The summed E-state index contributed by atoms with van der Waals surface area (Å²) < 4.78 is 38.9. The van der Waals surface area contributed by atoms with Gasteiger partial charge in [0.25, 0.3) is 0 Å². The molecule has 3 heterocycles. The van der Waals surface area contributed by atoms with E-state index in [1.807, 2.05) is 19.1 Å². The number of carbonyl (C=O) groups excluding carboxylic acids is 1. The van der Waals surface area contributed by atoms with Crippen LogP contribution in [0.3, 0.4) is 0 Å². The van der Waals surface area contributed by atoms with Crippen LogP contribution in [0.4, 0.5) is 5.69 Å². The Bertz CT molecular complexity index is 1250. The van der Waals surface area contributed by atoms with Crippen molar-refractivity contribution in [1.82, 2.24) is 14.4 Å². The van der Waals surface area contributed by atoms with Crippen molar-refractivity contribution in [2.45, 2.75) is 38.5 Å². The van der Waals surface area contributed by atoms with E-state index >= 15 is 0 Å². The van der Waals surface area contributed by atoms with Crippen LogP contribution in [0.2, 0.25) is 0 Å². The second-order valence-corrected chi connectivity index (χ2v) is 11.0. The minimum absolute atomic E-state index is 0.122. The van der Waals surface area contributed by atoms with Crippen LogP contribution in [-0.4, -0.2) is 48.5 Å². The zero-order chi connectivity index (χ0) is 23.6. The summed E-state index contributed by atoms with van der Waals surface area (Å²) in [7, 11) is -3.78. The summed E-state index contributed by atoms with van der Waals surface area (Å²) in [5.74, 6) is 0.697. The predicted molar refractivity (Wildman–Crippen MR) is 125 cm³/mol. The molecule has 4 rings (SSSR count). The Kier molecular flexibility index (Phi) is 6.82. The van der Waals surface area contributed by atoms with Crippen LogP contribution in [0.1, 0.15) is 30.5 Å². The molecule has 1 aliphatic rings. The number of hydrogen-bond acceptors (Lipinski definition) is 8. The molecule has 1 N–H and O–H groups in total. The minimum Gasteiger partial charge on any atom is -0.492 e. The molecule has 0 saturated carbocycles. The van der Waals surface area contributed by atoms with E-state index in [4.69, 9.17) is 9.26 Å². The molecule has 1 fully saturated rings. The SMILES string of the molecule is CCOc1ccccc1NC(=O)C1CCCN(S(=O)(=O)c2cc(-c3noc(C)n3)sc2C)C1. The second-order valence-electron chi connectivity index (χ2n) is 7.79. The van der Waals surface area contributed by atoms with Gasteiger partial charge in [-0.3, -0.25) is 4.79 Å². The quantitative estimate of drug-likeness (QED) is 0.535. The Balaban J connectivity index is 1.51. The molecular formula is C22H26N4O5S2. The van der Waals surface area contributed by atoms with Gasteiger partial charge < -0.3 is 14.6 Å². The first-order chi connectivity index (χ1) is 15.8. The molecule has 1 saturated heterocycles. The maximum Gasteiger partial charge on any atom is 0.244 e. The van der Waals surface area contributed by atoms with E-state index in [2.05, 4.69) is 15.5 Å². The molecule has 0 aliphatic carbocycles. The lowest BCUT2D eigenvalue weighted by atomic mass is 9.98. The lowest BCUT2D eigenvalue weighted by Crippen LogP contribution is -2.43. The summed E-state index contributed by atoms with van der Waals surface area (Å²) in [5.41, 5.74) is 0.582. The summed E-state index contributed by atoms with van der Waals surface area (Å²) in [6.07, 6.45) is 1.22. The molecular weight excluding hydrogens is 464 g/mol. The molecule has 0 spiro atoms. The van der Waals surface area contributed by atoms with Crippen molar-refractivity contribution < 1.29 is 22.5 Å². The van der Waals surface area contributed by atoms with E-state index < -0.39 is 15.9 Å². The molecule has 9 nitrogen and oxygen atoms in total. The van der Waals surface area contributed by atoms with Crippen LogP contribution in [-0.2, 0) is 14.8 Å². The molecule has 1 atom stereocenters. The van der Waals surface area contributed by atoms with Crippen molar-refractivity contribution in [1.29, 1.82) is 0 Å². The number of amides is 1. The van der Waals surface area contributed by atoms with Crippen molar-refractivity contribution in [3.05, 3.63) is 41.1 Å². The van der Waals surface area contributed by atoms with Crippen molar-refractivity contribution in [2.24, 2.45) is 5.92 Å². The highest BCUT2D eigenvalue weighted by Gasteiger charge is 2.35. The molecule has 1 unspecified atom stereocenters. The van der Waals surface area contributed by atoms with Crippen molar-refractivity contribution >= 4 is 33.0 Å². The van der Waals surface area contributed by atoms with E-state index in [1.165, 1.54) is 15.6 Å². The van der Waals surface area contributed by atoms with Crippen molar-refractivity contribution in [2.75, 3.05) is 25.0 Å². The van der Waals surface area contributed by atoms with Gasteiger partial charge in [0, 0.05) is 24.9 Å². The summed E-state index contributed by atoms with van der Waals surface area (Å²) in [6.45, 7) is 6.28. The fraction of sp³-hybridized carbons (Fsp3) is 0.409. The third-order valence-electron chi connectivity index (χ3n) is 5.44. The van der Waals surface area contributed by atoms with E-state index in [-0.39, 0.29) is 17.3 Å². The number of aryl methyl sites for hydroxylation is 2. The average Bonchev–Trinajstić information content (AvgIpc) is 3.41. The van der Waals surface area contributed by atoms with Crippen LogP contribution in [0, 0.1) is 19.8 Å². The van der Waals surface area contributed by atoms with E-state index in [1.54, 1.807) is 32.0 Å². The van der Waals surface area contributed by atoms with Crippen molar-refractivity contribution in [3.8, 4) is 16.5 Å². The number of thiophene rings is 1. The third-order valence-corrected chi connectivity index (χ3v) is 8.60. The van der Waals surface area contributed by atoms with E-state index in [0.717, 1.165) is 0 Å². The normalized spacial score (nSPS) is 17.1. The largest absolute Gasteiger partial charge is 0.492 e. The van der Waals surface area contributed by atoms with Crippen molar-refractivity contribution in [3.63, 3.8) is 0 Å². The standard InChI is InChI=1S/C22H26N4O5S2/c1-4-30-18-10-6-5-9-17(18)24-22(27)16-8-7-11-26(13-16)33(28,29)20-12-19(32-14(20)2)21-23-15(3)31-25-21/h5-6,9-10,12,16H,4,7-8,11,13H2,1-3H3,(H,24,27). The number of ether oxygens (including phenoxy) is 1. The van der Waals surface area contributed by atoms with Gasteiger partial charge in [0.2, 0.25) is 27.6 Å². The molecule has 33 heavy (non-hydrogen) atoms. The summed E-state index contributed by atoms with van der Waals surface area (Å²) in [4.78, 5) is 18.7. The van der Waals surface area contributed by atoms with Gasteiger partial charge in [-0.05, 0) is 44.9 Å². The summed E-state index contributed by atoms with van der Waals surface area (Å²) in [5, 5.41) is 6.79. The first-order valence-electron chi connectivity index (χ1n) is 10.7. The molecule has 2 aromatic heterocycles. The molecule has 176 valence electrons. The molecule has 1 aliphatic heterocycles. The highest BCUT2D eigenvalue weighted by atomic mass is 32.2. The van der Waals surface area contributed by atoms with Gasteiger partial charge in [-0.15, -0.1) is 11.3 Å². The smallest absolute Gasteiger partial charge is 0.244 e. The Morgan fingerprint density at radius 2 is 2.12 bits per heavy atom. The van der Waals surface area contributed by atoms with E-state index in [0.29, 0.717) is 58.9 Å². The number of nitrogens with one attached hydrogen (secondary N) is 1. The molecule has 3 aromatic rings. The first kappa shape index (κ1) is 23.4. The lowest BCUT2D eigenvalue weighted by molar-refractivity contribution is -0.120. The number of carbonyl (C=O) groups is 1. The zero-order valence-electron chi connectivity index (χ0n) is 18.7. The molecule has 0 bridgehead atoms. The van der Waals surface area contributed by atoms with Crippen LogP contribution in [0.25, 0.3) is 10.7 Å². The number of piperidine rings is 1. The Morgan fingerprint density at radius 1 is 1.33 bits per heavy atom. The number of nitrogens with zero attached hydrogens (tertiary/aromatic N) is 3.